The first-order valence-corrected chi connectivity index (χ1v) is 6.88. The second-order valence-corrected chi connectivity index (χ2v) is 4.97. The van der Waals surface area contributed by atoms with Gasteiger partial charge in [-0.15, -0.1) is 0 Å². The summed E-state index contributed by atoms with van der Waals surface area (Å²) < 4.78 is 31.9. The van der Waals surface area contributed by atoms with Gasteiger partial charge in [-0.2, -0.15) is 0 Å². The smallest absolute Gasteiger partial charge is 0.173 e. The topological polar surface area (TPSA) is 29.5 Å². The molecule has 0 radical (unpaired) electrons. The van der Waals surface area contributed by atoms with Crippen molar-refractivity contribution in [3.63, 3.8) is 0 Å². The van der Waals surface area contributed by atoms with Crippen LogP contribution in [0.5, 0.6) is 5.75 Å². The molecule has 0 saturated carbocycles. The van der Waals surface area contributed by atoms with Crippen LogP contribution in [0.3, 0.4) is 0 Å². The largest absolute Gasteiger partial charge is 0.494 e. The minimum absolute atomic E-state index is 0.0770. The Labute approximate surface area is 124 Å². The third-order valence-corrected chi connectivity index (χ3v) is 3.65. The molecule has 0 fully saturated rings. The zero-order chi connectivity index (χ0) is 14.7. The van der Waals surface area contributed by atoms with Gasteiger partial charge in [-0.1, -0.05) is 18.2 Å². The molecule has 2 aromatic rings. The Balaban J connectivity index is 2.38. The van der Waals surface area contributed by atoms with Crippen LogP contribution in [0.1, 0.15) is 24.2 Å². The summed E-state index contributed by atoms with van der Waals surface area (Å²) >= 11 is 2.97. The molecule has 1 atom stereocenters. The molecule has 0 aromatic heterocycles. The van der Waals surface area contributed by atoms with Crippen molar-refractivity contribution in [1.29, 1.82) is 0 Å². The predicted octanol–water partition coefficient (Wildman–Crippen LogP) is 4.21. The summed E-state index contributed by atoms with van der Waals surface area (Å²) in [7, 11) is 0. The summed E-state index contributed by atoms with van der Waals surface area (Å²) in [6, 6.07) is 9.20. The van der Waals surface area contributed by atoms with Crippen molar-refractivity contribution in [2.24, 2.45) is 0 Å². The van der Waals surface area contributed by atoms with E-state index in [0.717, 1.165) is 6.07 Å². The fraction of sp³-hybridized carbons (Fsp3) is 0.200. The summed E-state index contributed by atoms with van der Waals surface area (Å²) in [5, 5.41) is 10.3. The van der Waals surface area contributed by atoms with Crippen molar-refractivity contribution in [3.05, 3.63) is 63.6 Å². The molecule has 106 valence electrons. The molecule has 0 saturated heterocycles. The normalized spacial score (nSPS) is 12.2. The van der Waals surface area contributed by atoms with Crippen LogP contribution in [-0.2, 0) is 0 Å². The second-order valence-electron chi connectivity index (χ2n) is 4.17. The van der Waals surface area contributed by atoms with Gasteiger partial charge >= 0.3 is 0 Å². The summed E-state index contributed by atoms with van der Waals surface area (Å²) in [6.45, 7) is 2.36. The van der Waals surface area contributed by atoms with Crippen LogP contribution in [0.25, 0.3) is 0 Å². The van der Waals surface area contributed by atoms with E-state index in [4.69, 9.17) is 4.74 Å². The van der Waals surface area contributed by atoms with E-state index in [0.29, 0.717) is 17.9 Å². The number of hydrogen-bond acceptors (Lipinski definition) is 2. The van der Waals surface area contributed by atoms with Crippen molar-refractivity contribution in [3.8, 4) is 5.75 Å². The lowest BCUT2D eigenvalue weighted by atomic mass is 10.0. The molecule has 1 N–H and O–H groups in total. The highest BCUT2D eigenvalue weighted by molar-refractivity contribution is 9.10. The number of hydrogen-bond donors (Lipinski definition) is 1. The van der Waals surface area contributed by atoms with E-state index in [-0.39, 0.29) is 10.0 Å². The highest BCUT2D eigenvalue weighted by atomic mass is 79.9. The zero-order valence-electron chi connectivity index (χ0n) is 10.7. The Kier molecular flexibility index (Phi) is 4.73. The maximum atomic E-state index is 13.5. The van der Waals surface area contributed by atoms with E-state index in [1.807, 2.05) is 6.92 Å². The third-order valence-electron chi connectivity index (χ3n) is 2.84. The van der Waals surface area contributed by atoms with Crippen molar-refractivity contribution >= 4 is 15.9 Å². The highest BCUT2D eigenvalue weighted by Gasteiger charge is 2.19. The zero-order valence-corrected chi connectivity index (χ0v) is 12.3. The van der Waals surface area contributed by atoms with Crippen LogP contribution in [0.4, 0.5) is 8.78 Å². The molecule has 0 bridgehead atoms. The van der Waals surface area contributed by atoms with Crippen molar-refractivity contribution in [1.82, 2.24) is 0 Å². The van der Waals surface area contributed by atoms with E-state index in [1.54, 1.807) is 24.3 Å². The standard InChI is InChI=1S/C15H13BrF2O2/c1-2-20-10-5-3-4-9(8-10)15(19)11-6-7-12(17)14(18)13(11)16/h3-8,15,19H,2H2,1H3. The quantitative estimate of drug-likeness (QED) is 0.843. The molecule has 0 aliphatic carbocycles. The van der Waals surface area contributed by atoms with Gasteiger partial charge in [0, 0.05) is 5.56 Å². The van der Waals surface area contributed by atoms with Gasteiger partial charge in [-0.05, 0) is 46.6 Å². The maximum Gasteiger partial charge on any atom is 0.173 e. The van der Waals surface area contributed by atoms with Gasteiger partial charge in [0.15, 0.2) is 11.6 Å². The first kappa shape index (κ1) is 14.9. The molecule has 0 spiro atoms. The van der Waals surface area contributed by atoms with Gasteiger partial charge in [0.1, 0.15) is 11.9 Å². The van der Waals surface area contributed by atoms with E-state index in [2.05, 4.69) is 15.9 Å². The maximum absolute atomic E-state index is 13.5. The Morgan fingerprint density at radius 1 is 1.25 bits per heavy atom. The first-order chi connectivity index (χ1) is 9.54. The third kappa shape index (κ3) is 2.99. The van der Waals surface area contributed by atoms with Crippen LogP contribution in [-0.4, -0.2) is 11.7 Å². The summed E-state index contributed by atoms with van der Waals surface area (Å²) in [6.07, 6.45) is -1.07. The summed E-state index contributed by atoms with van der Waals surface area (Å²) in [5.41, 5.74) is 0.806. The van der Waals surface area contributed by atoms with Gasteiger partial charge in [0.2, 0.25) is 0 Å². The highest BCUT2D eigenvalue weighted by Crippen LogP contribution is 2.32. The van der Waals surface area contributed by atoms with Gasteiger partial charge in [0.25, 0.3) is 0 Å². The lowest BCUT2D eigenvalue weighted by Crippen LogP contribution is -2.03. The van der Waals surface area contributed by atoms with Gasteiger partial charge in [-0.25, -0.2) is 8.78 Å². The minimum atomic E-state index is -1.07. The molecule has 5 heteroatoms. The Morgan fingerprint density at radius 3 is 2.70 bits per heavy atom. The fourth-order valence-electron chi connectivity index (χ4n) is 1.87. The van der Waals surface area contributed by atoms with Crippen LogP contribution in [0.15, 0.2) is 40.9 Å². The summed E-state index contributed by atoms with van der Waals surface area (Å²) in [4.78, 5) is 0. The van der Waals surface area contributed by atoms with Crippen LogP contribution < -0.4 is 4.74 Å². The van der Waals surface area contributed by atoms with Crippen LogP contribution in [0, 0.1) is 11.6 Å². The fourth-order valence-corrected chi connectivity index (χ4v) is 2.41. The number of benzene rings is 2. The molecule has 1 unspecified atom stereocenters. The van der Waals surface area contributed by atoms with Crippen molar-refractivity contribution in [2.75, 3.05) is 6.61 Å². The van der Waals surface area contributed by atoms with E-state index >= 15 is 0 Å². The molecule has 20 heavy (non-hydrogen) atoms. The number of ether oxygens (including phenoxy) is 1. The number of aliphatic hydroxyl groups is 1. The number of rotatable bonds is 4. The summed E-state index contributed by atoms with van der Waals surface area (Å²) in [5.74, 6) is -1.36. The van der Waals surface area contributed by atoms with E-state index in [1.165, 1.54) is 6.07 Å². The Morgan fingerprint density at radius 2 is 2.00 bits per heavy atom. The van der Waals surface area contributed by atoms with E-state index in [9.17, 15) is 13.9 Å². The van der Waals surface area contributed by atoms with Gasteiger partial charge in [0.05, 0.1) is 11.1 Å². The molecular formula is C15H13BrF2O2. The van der Waals surface area contributed by atoms with E-state index < -0.39 is 17.7 Å². The lowest BCUT2D eigenvalue weighted by Gasteiger charge is -2.15. The molecule has 0 aliphatic rings. The average molecular weight is 343 g/mol. The van der Waals surface area contributed by atoms with Crippen LogP contribution in [0.2, 0.25) is 0 Å². The van der Waals surface area contributed by atoms with Crippen molar-refractivity contribution in [2.45, 2.75) is 13.0 Å². The van der Waals surface area contributed by atoms with Gasteiger partial charge in [-0.3, -0.25) is 0 Å². The molecule has 0 aliphatic heterocycles. The molecule has 2 nitrogen and oxygen atoms in total. The molecule has 0 heterocycles. The average Bonchev–Trinajstić information content (AvgIpc) is 2.45. The number of halogens is 3. The van der Waals surface area contributed by atoms with Crippen molar-refractivity contribution < 1.29 is 18.6 Å². The monoisotopic (exact) mass is 342 g/mol. The lowest BCUT2D eigenvalue weighted by molar-refractivity contribution is 0.217. The van der Waals surface area contributed by atoms with Gasteiger partial charge < -0.3 is 9.84 Å². The Hall–Kier alpha value is -1.46. The van der Waals surface area contributed by atoms with Crippen LogP contribution >= 0.6 is 15.9 Å². The molecule has 2 aromatic carbocycles. The predicted molar refractivity (Wildman–Crippen MR) is 75.7 cm³/mol. The number of aliphatic hydroxyl groups excluding tert-OH is 1. The minimum Gasteiger partial charge on any atom is -0.494 e. The molecular weight excluding hydrogens is 330 g/mol. The molecule has 0 amide bonds. The second kappa shape index (κ2) is 6.33. The first-order valence-electron chi connectivity index (χ1n) is 6.08. The molecule has 2 rings (SSSR count). The SMILES string of the molecule is CCOc1cccc(C(O)c2ccc(F)c(F)c2Br)c1. The Bertz CT molecular complexity index is 617.